The third-order valence-corrected chi connectivity index (χ3v) is 3.25. The fourth-order valence-corrected chi connectivity index (χ4v) is 2.46. The van der Waals surface area contributed by atoms with Crippen LogP contribution < -0.4 is 0 Å². The number of H-pyrrole nitrogens is 1. The molecule has 1 N–H and O–H groups in total. The van der Waals surface area contributed by atoms with Gasteiger partial charge in [0.2, 0.25) is 0 Å². The second-order valence-electron chi connectivity index (χ2n) is 4.40. The van der Waals surface area contributed by atoms with Gasteiger partial charge < -0.3 is 4.98 Å². The van der Waals surface area contributed by atoms with E-state index in [1.54, 1.807) is 6.33 Å². The van der Waals surface area contributed by atoms with Crippen LogP contribution in [0.25, 0.3) is 11.2 Å². The summed E-state index contributed by atoms with van der Waals surface area (Å²) in [5.41, 5.74) is 2.99. The van der Waals surface area contributed by atoms with Gasteiger partial charge in [-0.15, -0.1) is 0 Å². The first-order chi connectivity index (χ1) is 7.84. The number of nitrogens with zero attached hydrogens (tertiary/aromatic N) is 3. The maximum absolute atomic E-state index is 4.60. The summed E-state index contributed by atoms with van der Waals surface area (Å²) >= 11 is 0. The maximum atomic E-state index is 4.60. The normalized spacial score (nSPS) is 17.6. The first kappa shape index (κ1) is 9.81. The van der Waals surface area contributed by atoms with Crippen molar-refractivity contribution in [1.29, 1.82) is 0 Å². The van der Waals surface area contributed by atoms with Gasteiger partial charge in [-0.2, -0.15) is 0 Å². The van der Waals surface area contributed by atoms with E-state index in [0.29, 0.717) is 5.92 Å². The van der Waals surface area contributed by atoms with Crippen molar-refractivity contribution in [3.63, 3.8) is 0 Å². The van der Waals surface area contributed by atoms with Crippen LogP contribution in [-0.2, 0) is 0 Å². The van der Waals surface area contributed by atoms with E-state index in [4.69, 9.17) is 0 Å². The molecule has 4 nitrogen and oxygen atoms in total. The lowest BCUT2D eigenvalue weighted by Crippen LogP contribution is -2.11. The van der Waals surface area contributed by atoms with E-state index in [1.165, 1.54) is 25.5 Å². The minimum atomic E-state index is 0.564. The largest absolute Gasteiger partial charge is 0.342 e. The first-order valence-corrected chi connectivity index (χ1v) is 5.84. The number of hydrogen-bond donors (Lipinski definition) is 1. The number of nitrogens with one attached hydrogen (secondary N) is 1. The molecule has 0 aliphatic carbocycles. The number of fused-ring (bicyclic) bond motifs is 1. The predicted molar refractivity (Wildman–Crippen MR) is 63.8 cm³/mol. The van der Waals surface area contributed by atoms with Gasteiger partial charge in [-0.1, -0.05) is 25.5 Å². The van der Waals surface area contributed by atoms with Gasteiger partial charge in [-0.05, 0) is 6.92 Å². The highest BCUT2D eigenvalue weighted by Gasteiger charge is 2.21. The van der Waals surface area contributed by atoms with Gasteiger partial charge in [0.25, 0.3) is 0 Å². The molecule has 0 unspecified atom stereocenters. The zero-order chi connectivity index (χ0) is 11.0. The Hall–Kier alpha value is -1.39. The van der Waals surface area contributed by atoms with Gasteiger partial charge in [0.15, 0.2) is 5.65 Å². The second kappa shape index (κ2) is 3.89. The van der Waals surface area contributed by atoms with Gasteiger partial charge in [0, 0.05) is 5.92 Å². The Morgan fingerprint density at radius 2 is 2.12 bits per heavy atom. The van der Waals surface area contributed by atoms with E-state index in [1.807, 2.05) is 6.92 Å². The Labute approximate surface area is 95.2 Å². The lowest BCUT2D eigenvalue weighted by molar-refractivity contribution is 0.600. The minimum Gasteiger partial charge on any atom is -0.342 e. The molecule has 3 rings (SSSR count). The average Bonchev–Trinajstić information content (AvgIpc) is 2.77. The summed E-state index contributed by atoms with van der Waals surface area (Å²) in [6, 6.07) is 0. The quantitative estimate of drug-likeness (QED) is 0.737. The molecule has 81 valence electrons. The van der Waals surface area contributed by atoms with Crippen LogP contribution in [-0.4, -0.2) is 27.2 Å². The van der Waals surface area contributed by atoms with Gasteiger partial charge in [0.05, 0.1) is 12.0 Å². The van der Waals surface area contributed by atoms with Crippen LogP contribution in [0.5, 0.6) is 0 Å². The number of aryl methyl sites for hydroxylation is 1. The van der Waals surface area contributed by atoms with E-state index in [2.05, 4.69) is 27.2 Å². The van der Waals surface area contributed by atoms with Crippen molar-refractivity contribution in [2.75, 3.05) is 0 Å². The molecule has 3 heterocycles. The Morgan fingerprint density at radius 1 is 1.31 bits per heavy atom. The maximum Gasteiger partial charge on any atom is 0.181 e. The molecule has 0 saturated carbocycles. The van der Waals surface area contributed by atoms with E-state index < -0.39 is 0 Å². The number of aromatic amines is 1. The molecule has 0 amide bonds. The smallest absolute Gasteiger partial charge is 0.181 e. The highest BCUT2D eigenvalue weighted by atomic mass is 15.0. The molecule has 0 bridgehead atoms. The van der Waals surface area contributed by atoms with Gasteiger partial charge in [0.1, 0.15) is 18.6 Å². The fraction of sp³-hybridized carbons (Fsp3) is 0.545. The van der Waals surface area contributed by atoms with Crippen LogP contribution in [0.3, 0.4) is 0 Å². The zero-order valence-corrected chi connectivity index (χ0v) is 9.40. The predicted octanol–water partition coefficient (Wildman–Crippen LogP) is 2.08. The summed E-state index contributed by atoms with van der Waals surface area (Å²) in [6.45, 7) is 1.94. The number of rotatable bonds is 1. The third kappa shape index (κ3) is 1.60. The van der Waals surface area contributed by atoms with E-state index in [9.17, 15) is 0 Å². The summed E-state index contributed by atoms with van der Waals surface area (Å²) in [5, 5.41) is 0. The van der Waals surface area contributed by atoms with Crippen LogP contribution in [0.2, 0.25) is 12.6 Å². The highest BCUT2D eigenvalue weighted by Crippen LogP contribution is 2.32. The van der Waals surface area contributed by atoms with Crippen molar-refractivity contribution in [2.24, 2.45) is 0 Å². The Morgan fingerprint density at radius 3 is 2.94 bits per heavy atom. The third-order valence-electron chi connectivity index (χ3n) is 3.25. The molecular formula is C11H14BN4. The summed E-state index contributed by atoms with van der Waals surface area (Å²) in [5.74, 6) is 1.39. The standard InChI is InChI=1S/C11H14BN4/c1-7-15-9(8-2-4-12-5-3-8)10-11(16-7)14-6-13-10/h6,8H,2-5H2,1H3,(H,13,14,15,16). The Bertz CT molecular complexity index is 502. The summed E-state index contributed by atoms with van der Waals surface area (Å²) in [4.78, 5) is 16.3. The molecular weight excluding hydrogens is 199 g/mol. The van der Waals surface area contributed by atoms with Crippen molar-refractivity contribution < 1.29 is 0 Å². The van der Waals surface area contributed by atoms with Crippen LogP contribution in [0.4, 0.5) is 0 Å². The van der Waals surface area contributed by atoms with Gasteiger partial charge in [-0.3, -0.25) is 0 Å². The Kier molecular flexibility index (Phi) is 2.38. The van der Waals surface area contributed by atoms with E-state index in [0.717, 1.165) is 22.7 Å². The van der Waals surface area contributed by atoms with Crippen molar-refractivity contribution in [3.05, 3.63) is 17.8 Å². The molecule has 1 fully saturated rings. The van der Waals surface area contributed by atoms with Crippen LogP contribution >= 0.6 is 0 Å². The second-order valence-corrected chi connectivity index (χ2v) is 4.40. The van der Waals surface area contributed by atoms with Gasteiger partial charge in [-0.25, -0.2) is 15.0 Å². The number of aromatic nitrogens is 4. The van der Waals surface area contributed by atoms with E-state index >= 15 is 0 Å². The molecule has 1 saturated heterocycles. The van der Waals surface area contributed by atoms with Crippen LogP contribution in [0, 0.1) is 6.92 Å². The van der Waals surface area contributed by atoms with Crippen molar-refractivity contribution >= 4 is 18.4 Å². The molecule has 2 aromatic rings. The molecule has 1 radical (unpaired) electrons. The molecule has 1 aliphatic rings. The summed E-state index contributed by atoms with van der Waals surface area (Å²) in [6.07, 6.45) is 6.50. The van der Waals surface area contributed by atoms with Crippen molar-refractivity contribution in [1.82, 2.24) is 19.9 Å². The molecule has 0 atom stereocenters. The topological polar surface area (TPSA) is 54.5 Å². The first-order valence-electron chi connectivity index (χ1n) is 5.84. The molecule has 2 aromatic heterocycles. The Balaban J connectivity index is 2.09. The SMILES string of the molecule is Cc1nc(C2CC[B]CC2)c2[nH]cnc2n1. The van der Waals surface area contributed by atoms with Crippen molar-refractivity contribution in [2.45, 2.75) is 38.3 Å². The fourth-order valence-electron chi connectivity index (χ4n) is 2.46. The minimum absolute atomic E-state index is 0.564. The monoisotopic (exact) mass is 213 g/mol. The van der Waals surface area contributed by atoms with Crippen LogP contribution in [0.15, 0.2) is 6.33 Å². The molecule has 1 aliphatic heterocycles. The molecule has 5 heteroatoms. The number of imidazole rings is 1. The lowest BCUT2D eigenvalue weighted by Gasteiger charge is -2.20. The summed E-state index contributed by atoms with van der Waals surface area (Å²) in [7, 11) is 2.37. The molecule has 0 aromatic carbocycles. The molecule has 0 spiro atoms. The van der Waals surface area contributed by atoms with Gasteiger partial charge >= 0.3 is 0 Å². The summed E-state index contributed by atoms with van der Waals surface area (Å²) < 4.78 is 0. The zero-order valence-electron chi connectivity index (χ0n) is 9.40. The highest BCUT2D eigenvalue weighted by molar-refractivity contribution is 6.35. The van der Waals surface area contributed by atoms with Crippen molar-refractivity contribution in [3.8, 4) is 0 Å². The lowest BCUT2D eigenvalue weighted by atomic mass is 9.61. The van der Waals surface area contributed by atoms with E-state index in [-0.39, 0.29) is 0 Å². The van der Waals surface area contributed by atoms with Crippen LogP contribution in [0.1, 0.15) is 30.3 Å². The number of hydrogen-bond acceptors (Lipinski definition) is 3. The molecule has 16 heavy (non-hydrogen) atoms. The average molecular weight is 213 g/mol.